The second kappa shape index (κ2) is 6.59. The average molecular weight is 270 g/mol. The molecule has 0 radical (unpaired) electrons. The molecule has 0 atom stereocenters. The van der Waals surface area contributed by atoms with Gasteiger partial charge in [-0.2, -0.15) is 0 Å². The summed E-state index contributed by atoms with van der Waals surface area (Å²) in [6.07, 6.45) is 0. The van der Waals surface area contributed by atoms with Crippen molar-refractivity contribution in [2.45, 2.75) is 33.7 Å². The van der Waals surface area contributed by atoms with Gasteiger partial charge in [0.2, 0.25) is 0 Å². The Morgan fingerprint density at radius 3 is 2.61 bits per heavy atom. The van der Waals surface area contributed by atoms with E-state index in [9.17, 15) is 4.79 Å². The van der Waals surface area contributed by atoms with Gasteiger partial charge in [0.15, 0.2) is 0 Å². The van der Waals surface area contributed by atoms with Crippen LogP contribution in [0.1, 0.15) is 38.2 Å². The molecule has 18 heavy (non-hydrogen) atoms. The molecule has 0 aliphatic carbocycles. The Balaban J connectivity index is 3.06. The molecular weight excluding hydrogens is 250 g/mol. The lowest BCUT2D eigenvalue weighted by atomic mass is 10.2. The van der Waals surface area contributed by atoms with Crippen LogP contribution in [-0.4, -0.2) is 34.9 Å². The number of pyridine rings is 1. The number of rotatable bonds is 5. The molecule has 1 rings (SSSR count). The van der Waals surface area contributed by atoms with Gasteiger partial charge in [-0.3, -0.25) is 4.79 Å². The molecule has 5 heteroatoms. The highest BCUT2D eigenvalue weighted by Gasteiger charge is 2.21. The minimum Gasteiger partial charge on any atom is -0.370 e. The summed E-state index contributed by atoms with van der Waals surface area (Å²) in [6.45, 7) is 9.26. The van der Waals surface area contributed by atoms with E-state index in [0.717, 1.165) is 6.54 Å². The number of aromatic nitrogens is 1. The van der Waals surface area contributed by atoms with Crippen molar-refractivity contribution in [3.05, 3.63) is 22.8 Å². The monoisotopic (exact) mass is 269 g/mol. The fraction of sp³-hybridized carbons (Fsp3) is 0.538. The van der Waals surface area contributed by atoms with E-state index in [4.69, 9.17) is 11.6 Å². The molecule has 100 valence electrons. The summed E-state index contributed by atoms with van der Waals surface area (Å²) in [5.41, 5.74) is 0.311. The summed E-state index contributed by atoms with van der Waals surface area (Å²) >= 11 is 6.06. The van der Waals surface area contributed by atoms with Crippen molar-refractivity contribution in [1.82, 2.24) is 9.88 Å². The van der Waals surface area contributed by atoms with Crippen LogP contribution < -0.4 is 5.32 Å². The van der Waals surface area contributed by atoms with Crippen LogP contribution in [0, 0.1) is 0 Å². The van der Waals surface area contributed by atoms with Crippen LogP contribution in [0.5, 0.6) is 0 Å². The Morgan fingerprint density at radius 2 is 2.11 bits per heavy atom. The maximum absolute atomic E-state index is 12.3. The van der Waals surface area contributed by atoms with E-state index < -0.39 is 0 Å². The zero-order valence-corrected chi connectivity index (χ0v) is 12.1. The van der Waals surface area contributed by atoms with E-state index in [1.54, 1.807) is 17.0 Å². The van der Waals surface area contributed by atoms with Crippen LogP contribution in [0.25, 0.3) is 0 Å². The van der Waals surface area contributed by atoms with Gasteiger partial charge in [0.25, 0.3) is 5.91 Å². The van der Waals surface area contributed by atoms with Gasteiger partial charge in [0.05, 0.1) is 5.02 Å². The second-order valence-electron chi connectivity index (χ2n) is 4.24. The first-order chi connectivity index (χ1) is 8.51. The second-order valence-corrected chi connectivity index (χ2v) is 4.65. The average Bonchev–Trinajstić information content (AvgIpc) is 2.32. The topological polar surface area (TPSA) is 45.2 Å². The highest BCUT2D eigenvalue weighted by molar-refractivity contribution is 6.33. The molecule has 1 amide bonds. The zero-order chi connectivity index (χ0) is 13.7. The lowest BCUT2D eigenvalue weighted by molar-refractivity contribution is 0.0711. The number of hydrogen-bond donors (Lipinski definition) is 1. The number of amides is 1. The molecule has 0 bridgehead atoms. The zero-order valence-electron chi connectivity index (χ0n) is 11.3. The van der Waals surface area contributed by atoms with Gasteiger partial charge in [-0.25, -0.2) is 4.98 Å². The van der Waals surface area contributed by atoms with E-state index in [0.29, 0.717) is 23.1 Å². The van der Waals surface area contributed by atoms with Crippen molar-refractivity contribution >= 4 is 23.3 Å². The summed E-state index contributed by atoms with van der Waals surface area (Å²) < 4.78 is 0. The molecule has 0 unspecified atom stereocenters. The fourth-order valence-corrected chi connectivity index (χ4v) is 1.94. The van der Waals surface area contributed by atoms with E-state index in [1.807, 2.05) is 27.7 Å². The molecule has 0 fully saturated rings. The molecule has 1 aromatic heterocycles. The number of anilines is 1. The van der Waals surface area contributed by atoms with Crippen LogP contribution in [0.15, 0.2) is 12.1 Å². The van der Waals surface area contributed by atoms with Gasteiger partial charge in [-0.05, 0) is 39.8 Å². The number of carbonyl (C=O) groups excluding carboxylic acids is 1. The summed E-state index contributed by atoms with van der Waals surface area (Å²) in [6, 6.07) is 3.60. The summed E-state index contributed by atoms with van der Waals surface area (Å²) in [5.74, 6) is 0.544. The third-order valence-electron chi connectivity index (χ3n) is 2.63. The van der Waals surface area contributed by atoms with E-state index in [-0.39, 0.29) is 11.9 Å². The number of hydrogen-bond acceptors (Lipinski definition) is 3. The maximum Gasteiger partial charge on any atom is 0.274 e. The number of nitrogens with one attached hydrogen (secondary N) is 1. The lowest BCUT2D eigenvalue weighted by Crippen LogP contribution is -2.37. The summed E-state index contributed by atoms with van der Waals surface area (Å²) in [4.78, 5) is 18.4. The fourth-order valence-electron chi connectivity index (χ4n) is 1.75. The lowest BCUT2D eigenvalue weighted by Gasteiger charge is -2.25. The smallest absolute Gasteiger partial charge is 0.274 e. The van der Waals surface area contributed by atoms with Crippen LogP contribution >= 0.6 is 11.6 Å². The van der Waals surface area contributed by atoms with Crippen molar-refractivity contribution in [3.63, 3.8) is 0 Å². The normalized spacial score (nSPS) is 10.6. The van der Waals surface area contributed by atoms with Gasteiger partial charge >= 0.3 is 0 Å². The highest BCUT2D eigenvalue weighted by Crippen LogP contribution is 2.19. The molecule has 0 aliphatic rings. The van der Waals surface area contributed by atoms with Gasteiger partial charge in [-0.15, -0.1) is 0 Å². The molecule has 1 N–H and O–H groups in total. The van der Waals surface area contributed by atoms with Gasteiger partial charge in [0, 0.05) is 19.1 Å². The number of halogens is 1. The molecule has 0 aromatic carbocycles. The minimum absolute atomic E-state index is 0.128. The highest BCUT2D eigenvalue weighted by atomic mass is 35.5. The van der Waals surface area contributed by atoms with Gasteiger partial charge in [0.1, 0.15) is 11.5 Å². The van der Waals surface area contributed by atoms with Gasteiger partial charge < -0.3 is 10.2 Å². The Kier molecular flexibility index (Phi) is 5.41. The van der Waals surface area contributed by atoms with E-state index >= 15 is 0 Å². The standard InChI is InChI=1S/C13H20ClN3O/c1-5-15-11-8-7-10(14)12(16-11)13(18)17(6-2)9(3)4/h7-9H,5-6H2,1-4H3,(H,15,16). The number of carbonyl (C=O) groups is 1. The van der Waals surface area contributed by atoms with Crippen molar-refractivity contribution < 1.29 is 4.79 Å². The van der Waals surface area contributed by atoms with Crippen molar-refractivity contribution in [2.24, 2.45) is 0 Å². The Morgan fingerprint density at radius 1 is 1.44 bits per heavy atom. The molecule has 0 spiro atoms. The Hall–Kier alpha value is -1.29. The Bertz CT molecular complexity index is 421. The largest absolute Gasteiger partial charge is 0.370 e. The third-order valence-corrected chi connectivity index (χ3v) is 2.94. The quantitative estimate of drug-likeness (QED) is 0.894. The van der Waals surface area contributed by atoms with E-state index in [1.165, 1.54) is 0 Å². The SMILES string of the molecule is CCNc1ccc(Cl)c(C(=O)N(CC)C(C)C)n1. The van der Waals surface area contributed by atoms with E-state index in [2.05, 4.69) is 10.3 Å². The van der Waals surface area contributed by atoms with Gasteiger partial charge in [-0.1, -0.05) is 11.6 Å². The molecular formula is C13H20ClN3O. The first-order valence-corrected chi connectivity index (χ1v) is 6.60. The molecule has 0 saturated heterocycles. The van der Waals surface area contributed by atoms with Crippen LogP contribution in [0.2, 0.25) is 5.02 Å². The first-order valence-electron chi connectivity index (χ1n) is 6.22. The number of nitrogens with zero attached hydrogens (tertiary/aromatic N) is 2. The Labute approximate surface area is 113 Å². The third kappa shape index (κ3) is 3.35. The van der Waals surface area contributed by atoms with Crippen molar-refractivity contribution in [1.29, 1.82) is 0 Å². The molecule has 1 heterocycles. The van der Waals surface area contributed by atoms with Crippen molar-refractivity contribution in [3.8, 4) is 0 Å². The summed E-state index contributed by atoms with van der Waals surface area (Å²) in [7, 11) is 0. The first kappa shape index (κ1) is 14.8. The molecule has 4 nitrogen and oxygen atoms in total. The molecule has 0 saturated carbocycles. The molecule has 0 aliphatic heterocycles. The predicted octanol–water partition coefficient (Wildman–Crippen LogP) is 3.04. The van der Waals surface area contributed by atoms with Crippen LogP contribution in [0.4, 0.5) is 5.82 Å². The van der Waals surface area contributed by atoms with Crippen LogP contribution in [-0.2, 0) is 0 Å². The predicted molar refractivity (Wildman–Crippen MR) is 75.3 cm³/mol. The molecule has 1 aromatic rings. The van der Waals surface area contributed by atoms with Crippen LogP contribution in [0.3, 0.4) is 0 Å². The summed E-state index contributed by atoms with van der Waals surface area (Å²) in [5, 5.41) is 3.47. The maximum atomic E-state index is 12.3. The minimum atomic E-state index is -0.128. The van der Waals surface area contributed by atoms with Crippen molar-refractivity contribution in [2.75, 3.05) is 18.4 Å².